The van der Waals surface area contributed by atoms with Crippen molar-refractivity contribution in [2.45, 2.75) is 6.10 Å². The average Bonchev–Trinajstić information content (AvgIpc) is 2.30. The molecule has 0 aliphatic heterocycles. The Morgan fingerprint density at radius 2 is 2.31 bits per heavy atom. The Morgan fingerprint density at radius 1 is 1.62 bits per heavy atom. The van der Waals surface area contributed by atoms with Crippen LogP contribution in [0.25, 0.3) is 0 Å². The SMILES string of the molecule is N#Cc1c(NCC(O)CCl)ccc(I)c1F. The van der Waals surface area contributed by atoms with Gasteiger partial charge in [0.15, 0.2) is 5.82 Å². The number of anilines is 1. The van der Waals surface area contributed by atoms with Crippen molar-refractivity contribution < 1.29 is 9.50 Å². The van der Waals surface area contributed by atoms with Crippen LogP contribution in [0.2, 0.25) is 0 Å². The van der Waals surface area contributed by atoms with Crippen LogP contribution in [0.1, 0.15) is 5.56 Å². The first-order valence-corrected chi connectivity index (χ1v) is 6.07. The van der Waals surface area contributed by atoms with Crippen LogP contribution in [0, 0.1) is 20.7 Å². The zero-order valence-corrected chi connectivity index (χ0v) is 11.1. The molecule has 0 amide bonds. The molecule has 0 fully saturated rings. The average molecular weight is 355 g/mol. The molecule has 0 saturated heterocycles. The minimum atomic E-state index is -0.726. The van der Waals surface area contributed by atoms with Gasteiger partial charge in [0, 0.05) is 6.54 Å². The highest BCUT2D eigenvalue weighted by Gasteiger charge is 2.12. The summed E-state index contributed by atoms with van der Waals surface area (Å²) >= 11 is 7.23. The molecule has 1 unspecified atom stereocenters. The minimum absolute atomic E-state index is 0.0475. The Hall–Kier alpha value is -0.580. The van der Waals surface area contributed by atoms with Gasteiger partial charge in [-0.3, -0.25) is 0 Å². The van der Waals surface area contributed by atoms with Gasteiger partial charge in [-0.15, -0.1) is 11.6 Å². The summed E-state index contributed by atoms with van der Waals surface area (Å²) in [5, 5.41) is 20.8. The highest BCUT2D eigenvalue weighted by atomic mass is 127. The molecule has 1 aromatic rings. The normalized spacial score (nSPS) is 11.9. The second-order valence-corrected chi connectivity index (χ2v) is 4.56. The number of nitriles is 1. The highest BCUT2D eigenvalue weighted by molar-refractivity contribution is 14.1. The van der Waals surface area contributed by atoms with Gasteiger partial charge in [0.2, 0.25) is 0 Å². The monoisotopic (exact) mass is 354 g/mol. The number of benzene rings is 1. The van der Waals surface area contributed by atoms with Crippen molar-refractivity contribution in [3.63, 3.8) is 0 Å². The molecule has 0 aromatic heterocycles. The smallest absolute Gasteiger partial charge is 0.156 e. The first-order valence-electron chi connectivity index (χ1n) is 4.46. The summed E-state index contributed by atoms with van der Waals surface area (Å²) < 4.78 is 13.9. The summed E-state index contributed by atoms with van der Waals surface area (Å²) in [6.45, 7) is 0.179. The molecule has 0 spiro atoms. The summed E-state index contributed by atoms with van der Waals surface area (Å²) in [7, 11) is 0. The van der Waals surface area contributed by atoms with Crippen molar-refractivity contribution in [1.82, 2.24) is 0 Å². The van der Waals surface area contributed by atoms with E-state index >= 15 is 0 Å². The van der Waals surface area contributed by atoms with Gasteiger partial charge in [0.05, 0.1) is 21.2 Å². The topological polar surface area (TPSA) is 56.0 Å². The fraction of sp³-hybridized carbons (Fsp3) is 0.300. The number of aliphatic hydroxyl groups is 1. The van der Waals surface area contributed by atoms with Crippen molar-refractivity contribution in [2.24, 2.45) is 0 Å². The fourth-order valence-corrected chi connectivity index (χ4v) is 1.65. The van der Waals surface area contributed by atoms with E-state index in [1.165, 1.54) is 0 Å². The lowest BCUT2D eigenvalue weighted by Gasteiger charge is -2.12. The quantitative estimate of drug-likeness (QED) is 0.644. The van der Waals surface area contributed by atoms with E-state index in [1.54, 1.807) is 18.2 Å². The summed E-state index contributed by atoms with van der Waals surface area (Å²) in [4.78, 5) is 0. The summed E-state index contributed by atoms with van der Waals surface area (Å²) in [6, 6.07) is 4.95. The number of rotatable bonds is 4. The second-order valence-electron chi connectivity index (χ2n) is 3.08. The van der Waals surface area contributed by atoms with Crippen LogP contribution in [0.3, 0.4) is 0 Å². The largest absolute Gasteiger partial charge is 0.390 e. The predicted molar refractivity (Wildman–Crippen MR) is 69.0 cm³/mol. The van der Waals surface area contributed by atoms with Gasteiger partial charge in [-0.2, -0.15) is 5.26 Å². The van der Waals surface area contributed by atoms with E-state index in [1.807, 2.05) is 22.6 Å². The molecule has 1 aromatic carbocycles. The number of halogens is 3. The minimum Gasteiger partial charge on any atom is -0.390 e. The Bertz CT molecular complexity index is 422. The third kappa shape index (κ3) is 3.20. The number of alkyl halides is 1. The highest BCUT2D eigenvalue weighted by Crippen LogP contribution is 2.22. The molecule has 1 atom stereocenters. The molecule has 6 heteroatoms. The van der Waals surface area contributed by atoms with E-state index < -0.39 is 11.9 Å². The Kier molecular flexibility index (Phi) is 5.25. The van der Waals surface area contributed by atoms with Crippen molar-refractivity contribution in [1.29, 1.82) is 5.26 Å². The first kappa shape index (κ1) is 13.5. The maximum absolute atomic E-state index is 13.5. The zero-order valence-electron chi connectivity index (χ0n) is 8.17. The lowest BCUT2D eigenvalue weighted by Crippen LogP contribution is -2.21. The Balaban J connectivity index is 2.89. The zero-order chi connectivity index (χ0) is 12.1. The molecule has 0 radical (unpaired) electrons. The molecule has 86 valence electrons. The van der Waals surface area contributed by atoms with Gasteiger partial charge >= 0.3 is 0 Å². The van der Waals surface area contributed by atoms with Crippen LogP contribution in [0.15, 0.2) is 12.1 Å². The van der Waals surface area contributed by atoms with Crippen LogP contribution in [-0.4, -0.2) is 23.6 Å². The van der Waals surface area contributed by atoms with Crippen molar-refractivity contribution >= 4 is 39.9 Å². The molecule has 0 heterocycles. The summed E-state index contributed by atoms with van der Waals surface area (Å²) in [6.07, 6.45) is -0.726. The Labute approximate surface area is 111 Å². The summed E-state index contributed by atoms with van der Waals surface area (Å²) in [5.74, 6) is -0.463. The summed E-state index contributed by atoms with van der Waals surface area (Å²) in [5.41, 5.74) is 0.318. The van der Waals surface area contributed by atoms with E-state index in [0.717, 1.165) is 0 Å². The number of nitrogens with one attached hydrogen (secondary N) is 1. The number of nitrogens with zero attached hydrogens (tertiary/aromatic N) is 1. The number of hydrogen-bond donors (Lipinski definition) is 2. The van der Waals surface area contributed by atoms with E-state index in [4.69, 9.17) is 16.9 Å². The van der Waals surface area contributed by atoms with Crippen LogP contribution in [-0.2, 0) is 0 Å². The first-order chi connectivity index (χ1) is 7.60. The third-order valence-electron chi connectivity index (χ3n) is 1.91. The van der Waals surface area contributed by atoms with E-state index in [2.05, 4.69) is 5.32 Å². The number of hydrogen-bond acceptors (Lipinski definition) is 3. The molecule has 0 aliphatic carbocycles. The third-order valence-corrected chi connectivity index (χ3v) is 3.10. The molecule has 0 saturated carbocycles. The van der Waals surface area contributed by atoms with Crippen LogP contribution >= 0.6 is 34.2 Å². The fourth-order valence-electron chi connectivity index (χ4n) is 1.09. The molecule has 16 heavy (non-hydrogen) atoms. The lowest BCUT2D eigenvalue weighted by molar-refractivity contribution is 0.211. The Morgan fingerprint density at radius 3 is 2.88 bits per heavy atom. The molecular formula is C10H9ClFIN2O. The molecule has 3 nitrogen and oxygen atoms in total. The van der Waals surface area contributed by atoms with Crippen molar-refractivity contribution in [2.75, 3.05) is 17.7 Å². The maximum atomic E-state index is 13.5. The number of aliphatic hydroxyl groups excluding tert-OH is 1. The molecule has 2 N–H and O–H groups in total. The van der Waals surface area contributed by atoms with Gasteiger partial charge in [0.25, 0.3) is 0 Å². The van der Waals surface area contributed by atoms with Gasteiger partial charge < -0.3 is 10.4 Å². The van der Waals surface area contributed by atoms with Gasteiger partial charge in [-0.1, -0.05) is 0 Å². The van der Waals surface area contributed by atoms with E-state index in [9.17, 15) is 9.50 Å². The van der Waals surface area contributed by atoms with Crippen LogP contribution in [0.5, 0.6) is 0 Å². The van der Waals surface area contributed by atoms with Crippen molar-refractivity contribution in [3.05, 3.63) is 27.1 Å². The maximum Gasteiger partial charge on any atom is 0.156 e. The second kappa shape index (κ2) is 6.23. The van der Waals surface area contributed by atoms with Gasteiger partial charge in [-0.05, 0) is 34.7 Å². The van der Waals surface area contributed by atoms with Gasteiger partial charge in [-0.25, -0.2) is 4.39 Å². The van der Waals surface area contributed by atoms with Crippen molar-refractivity contribution in [3.8, 4) is 6.07 Å². The van der Waals surface area contributed by atoms with E-state index in [-0.39, 0.29) is 18.0 Å². The van der Waals surface area contributed by atoms with Crippen LogP contribution in [0.4, 0.5) is 10.1 Å². The molecule has 0 bridgehead atoms. The standard InChI is InChI=1S/C10H9ClFIN2O/c11-3-6(16)5-15-9-2-1-8(13)10(12)7(9)4-14/h1-2,6,15-16H,3,5H2. The van der Waals surface area contributed by atoms with E-state index in [0.29, 0.717) is 9.26 Å². The van der Waals surface area contributed by atoms with Crippen LogP contribution < -0.4 is 5.32 Å². The predicted octanol–water partition coefficient (Wildman–Crippen LogP) is 2.31. The lowest BCUT2D eigenvalue weighted by atomic mass is 10.2. The molecular weight excluding hydrogens is 345 g/mol. The van der Waals surface area contributed by atoms with Gasteiger partial charge in [0.1, 0.15) is 11.6 Å². The molecule has 1 rings (SSSR count). The molecule has 0 aliphatic rings.